The number of aromatic nitrogens is 2. The molecule has 0 spiro atoms. The van der Waals surface area contributed by atoms with Crippen LogP contribution in [0.2, 0.25) is 5.28 Å². The minimum Gasteiger partial charge on any atom is -0.481 e. The molecule has 0 radical (unpaired) electrons. The summed E-state index contributed by atoms with van der Waals surface area (Å²) in [7, 11) is 0. The maximum Gasteiger partial charge on any atom is 0.310 e. The molecule has 5 nitrogen and oxygen atoms in total. The highest BCUT2D eigenvalue weighted by atomic mass is 35.5. The van der Waals surface area contributed by atoms with Gasteiger partial charge in [-0.05, 0) is 18.5 Å². The van der Waals surface area contributed by atoms with Gasteiger partial charge in [0.2, 0.25) is 5.28 Å². The number of carboxylic acids is 1. The van der Waals surface area contributed by atoms with Gasteiger partial charge in [-0.25, -0.2) is 9.97 Å². The van der Waals surface area contributed by atoms with Gasteiger partial charge < -0.3 is 10.0 Å². The van der Waals surface area contributed by atoms with Gasteiger partial charge in [0.05, 0.1) is 5.92 Å². The van der Waals surface area contributed by atoms with E-state index in [-0.39, 0.29) is 11.2 Å². The molecule has 1 aliphatic heterocycles. The number of aliphatic carboxylic acids is 1. The average Bonchev–Trinajstić information content (AvgIpc) is 1.97. The van der Waals surface area contributed by atoms with E-state index in [0.717, 1.165) is 5.69 Å². The maximum absolute atomic E-state index is 10.6. The Kier molecular flexibility index (Phi) is 2.48. The highest BCUT2D eigenvalue weighted by molar-refractivity contribution is 6.28. The van der Waals surface area contributed by atoms with E-state index in [1.54, 1.807) is 6.07 Å². The van der Waals surface area contributed by atoms with Gasteiger partial charge in [0.15, 0.2) is 0 Å². The second kappa shape index (κ2) is 3.66. The second-order valence-electron chi connectivity index (χ2n) is 3.58. The van der Waals surface area contributed by atoms with Gasteiger partial charge in [-0.2, -0.15) is 0 Å². The van der Waals surface area contributed by atoms with E-state index in [9.17, 15) is 4.79 Å². The number of nitrogens with zero attached hydrogens (tertiary/aromatic N) is 3. The van der Waals surface area contributed by atoms with Gasteiger partial charge in [0.25, 0.3) is 0 Å². The smallest absolute Gasteiger partial charge is 0.310 e. The van der Waals surface area contributed by atoms with Crippen LogP contribution in [0.1, 0.15) is 5.69 Å². The quantitative estimate of drug-likeness (QED) is 0.763. The van der Waals surface area contributed by atoms with Gasteiger partial charge in [-0.3, -0.25) is 4.79 Å². The predicted octanol–water partition coefficient (Wildman–Crippen LogP) is 0.959. The highest BCUT2D eigenvalue weighted by Crippen LogP contribution is 2.24. The first-order valence-corrected chi connectivity index (χ1v) is 4.93. The van der Waals surface area contributed by atoms with Gasteiger partial charge in [-0.1, -0.05) is 0 Å². The third kappa shape index (κ3) is 2.02. The lowest BCUT2D eigenvalue weighted by atomic mass is 10.0. The van der Waals surface area contributed by atoms with Crippen LogP contribution >= 0.6 is 11.6 Å². The number of carboxylic acid groups (broad SMARTS) is 1. The van der Waals surface area contributed by atoms with Crippen molar-refractivity contribution in [3.63, 3.8) is 0 Å². The molecule has 0 unspecified atom stereocenters. The van der Waals surface area contributed by atoms with E-state index in [4.69, 9.17) is 16.7 Å². The Bertz CT molecular complexity index is 384. The van der Waals surface area contributed by atoms with E-state index in [1.165, 1.54) is 0 Å². The van der Waals surface area contributed by atoms with Crippen molar-refractivity contribution >= 4 is 23.4 Å². The fourth-order valence-electron chi connectivity index (χ4n) is 1.50. The number of hydrogen-bond donors (Lipinski definition) is 1. The number of anilines is 1. The van der Waals surface area contributed by atoms with Crippen LogP contribution in [0.15, 0.2) is 6.07 Å². The number of rotatable bonds is 2. The summed E-state index contributed by atoms with van der Waals surface area (Å²) >= 11 is 5.71. The molecule has 15 heavy (non-hydrogen) atoms. The zero-order chi connectivity index (χ0) is 11.0. The number of aryl methyl sites for hydroxylation is 1. The molecular formula is C9H10ClN3O2. The first kappa shape index (κ1) is 10.2. The van der Waals surface area contributed by atoms with Crippen LogP contribution in [0.5, 0.6) is 0 Å². The van der Waals surface area contributed by atoms with Crippen LogP contribution in [0, 0.1) is 12.8 Å². The van der Waals surface area contributed by atoms with Gasteiger partial charge >= 0.3 is 5.97 Å². The monoisotopic (exact) mass is 227 g/mol. The molecule has 0 saturated carbocycles. The Hall–Kier alpha value is -1.36. The molecule has 0 aromatic carbocycles. The largest absolute Gasteiger partial charge is 0.481 e. The number of halogens is 1. The summed E-state index contributed by atoms with van der Waals surface area (Å²) in [6, 6.07) is 1.80. The minimum atomic E-state index is -0.761. The molecule has 2 heterocycles. The van der Waals surface area contributed by atoms with Crippen molar-refractivity contribution in [1.82, 2.24) is 9.97 Å². The van der Waals surface area contributed by atoms with Crippen molar-refractivity contribution < 1.29 is 9.90 Å². The topological polar surface area (TPSA) is 66.3 Å². The lowest BCUT2D eigenvalue weighted by molar-refractivity contribution is -0.142. The van der Waals surface area contributed by atoms with Crippen molar-refractivity contribution in [3.05, 3.63) is 17.0 Å². The summed E-state index contributed by atoms with van der Waals surface area (Å²) in [5, 5.41) is 8.92. The van der Waals surface area contributed by atoms with Crippen molar-refractivity contribution in [2.45, 2.75) is 6.92 Å². The SMILES string of the molecule is Cc1cc(N2CC(C(=O)O)C2)nc(Cl)n1. The Labute approximate surface area is 91.7 Å². The molecule has 1 aromatic heterocycles. The Morgan fingerprint density at radius 1 is 1.60 bits per heavy atom. The molecule has 1 fully saturated rings. The zero-order valence-corrected chi connectivity index (χ0v) is 8.90. The van der Waals surface area contributed by atoms with E-state index in [2.05, 4.69) is 9.97 Å². The molecular weight excluding hydrogens is 218 g/mol. The second-order valence-corrected chi connectivity index (χ2v) is 3.91. The van der Waals surface area contributed by atoms with Gasteiger partial charge in [0, 0.05) is 24.8 Å². The van der Waals surface area contributed by atoms with E-state index in [1.807, 2.05) is 11.8 Å². The first-order chi connectivity index (χ1) is 7.06. The van der Waals surface area contributed by atoms with E-state index in [0.29, 0.717) is 18.9 Å². The molecule has 1 aromatic rings. The molecule has 6 heteroatoms. The highest BCUT2D eigenvalue weighted by Gasteiger charge is 2.33. The van der Waals surface area contributed by atoms with Crippen molar-refractivity contribution in [3.8, 4) is 0 Å². The normalized spacial score (nSPS) is 16.3. The zero-order valence-electron chi connectivity index (χ0n) is 8.14. The lowest BCUT2D eigenvalue weighted by Crippen LogP contribution is -2.50. The predicted molar refractivity (Wildman–Crippen MR) is 55.1 cm³/mol. The van der Waals surface area contributed by atoms with Crippen molar-refractivity contribution in [1.29, 1.82) is 0 Å². The van der Waals surface area contributed by atoms with Crippen LogP contribution in [-0.4, -0.2) is 34.1 Å². The maximum atomic E-state index is 10.6. The molecule has 0 bridgehead atoms. The molecule has 2 rings (SSSR count). The molecule has 1 N–H and O–H groups in total. The van der Waals surface area contributed by atoms with Crippen LogP contribution < -0.4 is 4.90 Å². The minimum absolute atomic E-state index is 0.198. The third-order valence-electron chi connectivity index (χ3n) is 2.37. The Balaban J connectivity index is 2.10. The van der Waals surface area contributed by atoms with Crippen LogP contribution in [-0.2, 0) is 4.79 Å². The summed E-state index contributed by atoms with van der Waals surface area (Å²) in [5.41, 5.74) is 0.781. The van der Waals surface area contributed by atoms with Crippen LogP contribution in [0.3, 0.4) is 0 Å². The molecule has 0 atom stereocenters. The standard InChI is InChI=1S/C9H10ClN3O2/c1-5-2-7(12-9(10)11-5)13-3-6(4-13)8(14)15/h2,6H,3-4H2,1H3,(H,14,15). The molecule has 80 valence electrons. The summed E-state index contributed by atoms with van der Waals surface area (Å²) < 4.78 is 0. The molecule has 0 amide bonds. The molecule has 0 aliphatic carbocycles. The fourth-order valence-corrected chi connectivity index (χ4v) is 1.72. The summed E-state index contributed by atoms with van der Waals surface area (Å²) in [4.78, 5) is 20.5. The lowest BCUT2D eigenvalue weighted by Gasteiger charge is -2.37. The Morgan fingerprint density at radius 3 is 2.80 bits per heavy atom. The van der Waals surface area contributed by atoms with Crippen molar-refractivity contribution in [2.24, 2.45) is 5.92 Å². The van der Waals surface area contributed by atoms with Crippen LogP contribution in [0.4, 0.5) is 5.82 Å². The number of carbonyl (C=O) groups is 1. The molecule has 1 saturated heterocycles. The van der Waals surface area contributed by atoms with E-state index >= 15 is 0 Å². The molecule has 1 aliphatic rings. The fraction of sp³-hybridized carbons (Fsp3) is 0.444. The van der Waals surface area contributed by atoms with E-state index < -0.39 is 5.97 Å². The number of hydrogen-bond acceptors (Lipinski definition) is 4. The summed E-state index contributed by atoms with van der Waals surface area (Å²) in [6.07, 6.45) is 0. The van der Waals surface area contributed by atoms with Crippen LogP contribution in [0.25, 0.3) is 0 Å². The van der Waals surface area contributed by atoms with Gasteiger partial charge in [0.1, 0.15) is 5.82 Å². The third-order valence-corrected chi connectivity index (χ3v) is 2.54. The summed E-state index contributed by atoms with van der Waals surface area (Å²) in [5.74, 6) is -0.354. The Morgan fingerprint density at radius 2 is 2.27 bits per heavy atom. The summed E-state index contributed by atoms with van der Waals surface area (Å²) in [6.45, 7) is 2.80. The average molecular weight is 228 g/mol. The first-order valence-electron chi connectivity index (χ1n) is 4.55. The van der Waals surface area contributed by atoms with Crippen molar-refractivity contribution in [2.75, 3.05) is 18.0 Å². The van der Waals surface area contributed by atoms with Gasteiger partial charge in [-0.15, -0.1) is 0 Å².